The number of imidazole rings is 1. The Balaban J connectivity index is 2.05. The van der Waals surface area contributed by atoms with E-state index in [1.807, 2.05) is 11.0 Å². The van der Waals surface area contributed by atoms with Crippen LogP contribution in [0.15, 0.2) is 24.7 Å². The molecule has 1 aromatic carbocycles. The molecule has 1 aliphatic rings. The molecule has 21 heavy (non-hydrogen) atoms. The van der Waals surface area contributed by atoms with Crippen molar-refractivity contribution in [1.29, 1.82) is 5.26 Å². The first-order chi connectivity index (χ1) is 10.2. The predicted octanol–water partition coefficient (Wildman–Crippen LogP) is 1.59. The van der Waals surface area contributed by atoms with Crippen LogP contribution in [0.5, 0.6) is 5.75 Å². The van der Waals surface area contributed by atoms with Gasteiger partial charge < -0.3 is 14.6 Å². The van der Waals surface area contributed by atoms with E-state index in [9.17, 15) is 10.1 Å². The van der Waals surface area contributed by atoms with Gasteiger partial charge in [-0.15, -0.1) is 0 Å². The number of benzene rings is 1. The molecule has 106 valence electrons. The highest BCUT2D eigenvalue weighted by Gasteiger charge is 2.25. The zero-order valence-electron chi connectivity index (χ0n) is 10.9. The van der Waals surface area contributed by atoms with Gasteiger partial charge in [0.2, 0.25) is 0 Å². The van der Waals surface area contributed by atoms with Crippen LogP contribution in [0.25, 0.3) is 0 Å². The average Bonchev–Trinajstić information content (AvgIpc) is 2.99. The minimum atomic E-state index is -0.510. The largest absolute Gasteiger partial charge is 0.488 e. The van der Waals surface area contributed by atoms with Gasteiger partial charge in [-0.3, -0.25) is 10.1 Å². The third-order valence-corrected chi connectivity index (χ3v) is 3.25. The number of H-pyrrole nitrogens is 1. The fourth-order valence-corrected chi connectivity index (χ4v) is 2.29. The lowest BCUT2D eigenvalue weighted by atomic mass is 10.1. The SMILES string of the molecule is N#Cc1cc([N+](=O)[O-])cc2c1OCCN2Cc1cnc[nH]1. The second kappa shape index (κ2) is 5.13. The van der Waals surface area contributed by atoms with Crippen molar-refractivity contribution in [2.45, 2.75) is 6.54 Å². The second-order valence-corrected chi connectivity index (χ2v) is 4.56. The van der Waals surface area contributed by atoms with Crippen LogP contribution < -0.4 is 9.64 Å². The molecular formula is C13H11N5O3. The van der Waals surface area contributed by atoms with E-state index in [1.165, 1.54) is 12.1 Å². The number of nitriles is 1. The van der Waals surface area contributed by atoms with E-state index in [2.05, 4.69) is 9.97 Å². The molecule has 0 fully saturated rings. The lowest BCUT2D eigenvalue weighted by Crippen LogP contribution is -2.32. The van der Waals surface area contributed by atoms with Crippen molar-refractivity contribution < 1.29 is 9.66 Å². The quantitative estimate of drug-likeness (QED) is 0.677. The summed E-state index contributed by atoms with van der Waals surface area (Å²) in [6.45, 7) is 1.52. The van der Waals surface area contributed by atoms with E-state index in [0.29, 0.717) is 31.1 Å². The summed E-state index contributed by atoms with van der Waals surface area (Å²) in [5.41, 5.74) is 1.49. The predicted molar refractivity (Wildman–Crippen MR) is 72.9 cm³/mol. The molecule has 2 aromatic rings. The minimum Gasteiger partial charge on any atom is -0.488 e. The molecule has 1 aromatic heterocycles. The molecule has 3 rings (SSSR count). The summed E-state index contributed by atoms with van der Waals surface area (Å²) in [5.74, 6) is 0.397. The minimum absolute atomic E-state index is 0.120. The highest BCUT2D eigenvalue weighted by atomic mass is 16.6. The van der Waals surface area contributed by atoms with Gasteiger partial charge >= 0.3 is 0 Å². The zero-order valence-corrected chi connectivity index (χ0v) is 10.9. The molecule has 0 aliphatic carbocycles. The number of ether oxygens (including phenoxy) is 1. The molecule has 0 unspecified atom stereocenters. The number of hydrogen-bond donors (Lipinski definition) is 1. The summed E-state index contributed by atoms with van der Waals surface area (Å²) in [6, 6.07) is 4.62. The molecule has 0 saturated heterocycles. The van der Waals surface area contributed by atoms with Crippen LogP contribution in [0, 0.1) is 21.4 Å². The number of hydrogen-bond acceptors (Lipinski definition) is 6. The molecule has 0 spiro atoms. The standard InChI is InChI=1S/C13H11N5O3/c14-5-9-3-11(18(19)20)4-12-13(9)21-2-1-17(12)7-10-6-15-8-16-10/h3-4,6,8H,1-2,7H2,(H,15,16). The molecule has 0 radical (unpaired) electrons. The maximum Gasteiger partial charge on any atom is 0.273 e. The molecule has 2 heterocycles. The Labute approximate surface area is 119 Å². The van der Waals surface area contributed by atoms with E-state index >= 15 is 0 Å². The fraction of sp³-hybridized carbons (Fsp3) is 0.231. The maximum absolute atomic E-state index is 11.0. The van der Waals surface area contributed by atoms with Crippen molar-refractivity contribution in [2.75, 3.05) is 18.1 Å². The Morgan fingerprint density at radius 2 is 2.43 bits per heavy atom. The van der Waals surface area contributed by atoms with Crippen molar-refractivity contribution in [3.63, 3.8) is 0 Å². The highest BCUT2D eigenvalue weighted by Crippen LogP contribution is 2.38. The molecule has 0 saturated carbocycles. The smallest absolute Gasteiger partial charge is 0.273 e. The van der Waals surface area contributed by atoms with Crippen molar-refractivity contribution in [3.05, 3.63) is 46.0 Å². The van der Waals surface area contributed by atoms with Crippen molar-refractivity contribution in [2.24, 2.45) is 0 Å². The third kappa shape index (κ3) is 2.36. The number of nitrogens with zero attached hydrogens (tertiary/aromatic N) is 4. The first kappa shape index (κ1) is 12.9. The maximum atomic E-state index is 11.0. The zero-order chi connectivity index (χ0) is 14.8. The van der Waals surface area contributed by atoms with Gasteiger partial charge in [-0.1, -0.05) is 0 Å². The van der Waals surface area contributed by atoms with Gasteiger partial charge in [0, 0.05) is 18.3 Å². The first-order valence-corrected chi connectivity index (χ1v) is 6.26. The van der Waals surface area contributed by atoms with Crippen LogP contribution in [0.3, 0.4) is 0 Å². The number of aromatic amines is 1. The highest BCUT2D eigenvalue weighted by molar-refractivity contribution is 5.70. The Morgan fingerprint density at radius 3 is 3.10 bits per heavy atom. The Kier molecular flexibility index (Phi) is 3.16. The number of aromatic nitrogens is 2. The summed E-state index contributed by atoms with van der Waals surface area (Å²) < 4.78 is 5.52. The molecular weight excluding hydrogens is 274 g/mol. The number of fused-ring (bicyclic) bond motifs is 1. The van der Waals surface area contributed by atoms with Crippen molar-refractivity contribution in [1.82, 2.24) is 9.97 Å². The van der Waals surface area contributed by atoms with Crippen LogP contribution in [-0.4, -0.2) is 28.0 Å². The number of nitrogens with one attached hydrogen (secondary N) is 1. The Morgan fingerprint density at radius 1 is 1.57 bits per heavy atom. The number of rotatable bonds is 3. The summed E-state index contributed by atoms with van der Waals surface area (Å²) >= 11 is 0. The van der Waals surface area contributed by atoms with E-state index in [4.69, 9.17) is 10.00 Å². The van der Waals surface area contributed by atoms with Crippen molar-refractivity contribution >= 4 is 11.4 Å². The van der Waals surface area contributed by atoms with Crippen molar-refractivity contribution in [3.8, 4) is 11.8 Å². The number of nitro benzene ring substituents is 1. The third-order valence-electron chi connectivity index (χ3n) is 3.25. The number of nitro groups is 1. The fourth-order valence-electron chi connectivity index (χ4n) is 2.29. The van der Waals surface area contributed by atoms with E-state index in [1.54, 1.807) is 12.5 Å². The van der Waals surface area contributed by atoms with Gasteiger partial charge in [-0.25, -0.2) is 4.98 Å². The number of anilines is 1. The number of non-ortho nitro benzene ring substituents is 1. The van der Waals surface area contributed by atoms with Gasteiger partial charge in [-0.05, 0) is 0 Å². The molecule has 1 aliphatic heterocycles. The molecule has 8 heteroatoms. The molecule has 8 nitrogen and oxygen atoms in total. The van der Waals surface area contributed by atoms with E-state index in [-0.39, 0.29) is 11.3 Å². The molecule has 0 atom stereocenters. The monoisotopic (exact) mass is 285 g/mol. The van der Waals surface area contributed by atoms with Gasteiger partial charge in [0.05, 0.1) is 35.7 Å². The second-order valence-electron chi connectivity index (χ2n) is 4.56. The molecule has 1 N–H and O–H groups in total. The average molecular weight is 285 g/mol. The normalized spacial score (nSPS) is 13.2. The van der Waals surface area contributed by atoms with Crippen LogP contribution in [0.1, 0.15) is 11.3 Å². The summed E-state index contributed by atoms with van der Waals surface area (Å²) in [7, 11) is 0. The Hall–Kier alpha value is -3.08. The summed E-state index contributed by atoms with van der Waals surface area (Å²) in [4.78, 5) is 19.4. The van der Waals surface area contributed by atoms with E-state index in [0.717, 1.165) is 5.69 Å². The van der Waals surface area contributed by atoms with Crippen LogP contribution in [0.4, 0.5) is 11.4 Å². The molecule has 0 bridgehead atoms. The summed E-state index contributed by atoms with van der Waals surface area (Å²) in [6.07, 6.45) is 3.27. The summed E-state index contributed by atoms with van der Waals surface area (Å²) in [5, 5.41) is 20.2. The van der Waals surface area contributed by atoms with Crippen LogP contribution in [0.2, 0.25) is 0 Å². The van der Waals surface area contributed by atoms with Crippen LogP contribution in [-0.2, 0) is 6.54 Å². The van der Waals surface area contributed by atoms with Gasteiger partial charge in [0.15, 0.2) is 5.75 Å². The topological polar surface area (TPSA) is 108 Å². The first-order valence-electron chi connectivity index (χ1n) is 6.26. The van der Waals surface area contributed by atoms with E-state index < -0.39 is 4.92 Å². The lowest BCUT2D eigenvalue weighted by Gasteiger charge is -2.31. The van der Waals surface area contributed by atoms with Gasteiger partial charge in [0.25, 0.3) is 5.69 Å². The van der Waals surface area contributed by atoms with Gasteiger partial charge in [-0.2, -0.15) is 5.26 Å². The lowest BCUT2D eigenvalue weighted by molar-refractivity contribution is -0.384. The van der Waals surface area contributed by atoms with Gasteiger partial charge in [0.1, 0.15) is 18.2 Å². The van der Waals surface area contributed by atoms with Crippen LogP contribution >= 0.6 is 0 Å². The Bertz CT molecular complexity index is 720. The molecule has 0 amide bonds.